The Labute approximate surface area is 87.1 Å². The maximum atomic E-state index is 5.92. The molecule has 0 atom stereocenters. The molecular formula is C11H9ClO2. The quantitative estimate of drug-likeness (QED) is 0.752. The zero-order valence-corrected chi connectivity index (χ0v) is 8.41. The third-order valence-electron chi connectivity index (χ3n) is 1.97. The number of benzene rings is 1. The molecule has 1 aromatic heterocycles. The van der Waals surface area contributed by atoms with Crippen molar-refractivity contribution in [1.82, 2.24) is 0 Å². The maximum Gasteiger partial charge on any atom is 0.152 e. The smallest absolute Gasteiger partial charge is 0.152 e. The Balaban J connectivity index is 2.39. The van der Waals surface area contributed by atoms with Crippen LogP contribution in [0.5, 0.6) is 5.75 Å². The first-order valence-corrected chi connectivity index (χ1v) is 4.56. The van der Waals surface area contributed by atoms with Gasteiger partial charge in [-0.25, -0.2) is 0 Å². The van der Waals surface area contributed by atoms with Gasteiger partial charge < -0.3 is 9.15 Å². The van der Waals surface area contributed by atoms with Gasteiger partial charge in [0.1, 0.15) is 5.75 Å². The molecule has 0 bridgehead atoms. The molecule has 72 valence electrons. The minimum Gasteiger partial charge on any atom is -0.497 e. The summed E-state index contributed by atoms with van der Waals surface area (Å²) in [5.74, 6) is 1.51. The fourth-order valence-corrected chi connectivity index (χ4v) is 1.45. The third kappa shape index (κ3) is 1.61. The predicted molar refractivity (Wildman–Crippen MR) is 55.7 cm³/mol. The molecule has 2 aromatic rings. The highest BCUT2D eigenvalue weighted by atomic mass is 35.5. The van der Waals surface area contributed by atoms with E-state index in [0.29, 0.717) is 10.8 Å². The Kier molecular flexibility index (Phi) is 2.46. The van der Waals surface area contributed by atoms with Crippen LogP contribution in [0, 0.1) is 0 Å². The minimum absolute atomic E-state index is 0.621. The molecule has 0 aliphatic carbocycles. The van der Waals surface area contributed by atoms with E-state index in [2.05, 4.69) is 0 Å². The topological polar surface area (TPSA) is 22.4 Å². The van der Waals surface area contributed by atoms with Gasteiger partial charge in [0.25, 0.3) is 0 Å². The van der Waals surface area contributed by atoms with Crippen molar-refractivity contribution in [2.24, 2.45) is 0 Å². The second kappa shape index (κ2) is 3.76. The second-order valence-electron chi connectivity index (χ2n) is 2.83. The molecule has 0 saturated carbocycles. The van der Waals surface area contributed by atoms with Gasteiger partial charge in [-0.05, 0) is 30.3 Å². The van der Waals surface area contributed by atoms with Gasteiger partial charge >= 0.3 is 0 Å². The second-order valence-corrected chi connectivity index (χ2v) is 3.23. The molecular weight excluding hydrogens is 200 g/mol. The number of rotatable bonds is 2. The Bertz CT molecular complexity index is 417. The van der Waals surface area contributed by atoms with Gasteiger partial charge in [-0.15, -0.1) is 0 Å². The van der Waals surface area contributed by atoms with Crippen molar-refractivity contribution in [3.63, 3.8) is 0 Å². The fourth-order valence-electron chi connectivity index (χ4n) is 1.24. The lowest BCUT2D eigenvalue weighted by atomic mass is 10.2. The van der Waals surface area contributed by atoms with Crippen LogP contribution < -0.4 is 4.74 Å². The summed E-state index contributed by atoms with van der Waals surface area (Å²) in [6, 6.07) is 9.27. The van der Waals surface area contributed by atoms with Gasteiger partial charge in [0.05, 0.1) is 18.4 Å². The van der Waals surface area contributed by atoms with Crippen LogP contribution in [0.3, 0.4) is 0 Å². The molecule has 0 fully saturated rings. The van der Waals surface area contributed by atoms with E-state index in [1.807, 2.05) is 24.3 Å². The van der Waals surface area contributed by atoms with Crippen LogP contribution in [0.2, 0.25) is 5.02 Å². The number of furan rings is 1. The molecule has 0 aliphatic heterocycles. The molecule has 0 aliphatic rings. The van der Waals surface area contributed by atoms with E-state index in [-0.39, 0.29) is 0 Å². The summed E-state index contributed by atoms with van der Waals surface area (Å²) in [6.45, 7) is 0. The summed E-state index contributed by atoms with van der Waals surface area (Å²) >= 11 is 5.92. The lowest BCUT2D eigenvalue weighted by Crippen LogP contribution is -1.81. The number of methoxy groups -OCH3 is 1. The SMILES string of the molecule is COc1ccc(-c2occc2Cl)cc1. The van der Waals surface area contributed by atoms with Crippen LogP contribution in [-0.2, 0) is 0 Å². The van der Waals surface area contributed by atoms with E-state index in [0.717, 1.165) is 11.3 Å². The van der Waals surface area contributed by atoms with Crippen molar-refractivity contribution in [1.29, 1.82) is 0 Å². The average Bonchev–Trinajstić information content (AvgIpc) is 2.65. The zero-order chi connectivity index (χ0) is 9.97. The highest BCUT2D eigenvalue weighted by Crippen LogP contribution is 2.29. The molecule has 2 rings (SSSR count). The van der Waals surface area contributed by atoms with Gasteiger partial charge in [0, 0.05) is 5.56 Å². The minimum atomic E-state index is 0.621. The van der Waals surface area contributed by atoms with E-state index in [1.165, 1.54) is 0 Å². The molecule has 0 N–H and O–H groups in total. The Hall–Kier alpha value is -1.41. The number of ether oxygens (including phenoxy) is 1. The van der Waals surface area contributed by atoms with Crippen molar-refractivity contribution in [3.8, 4) is 17.1 Å². The Morgan fingerprint density at radius 3 is 2.36 bits per heavy atom. The van der Waals surface area contributed by atoms with Gasteiger partial charge in [-0.2, -0.15) is 0 Å². The van der Waals surface area contributed by atoms with Crippen molar-refractivity contribution >= 4 is 11.6 Å². The molecule has 2 nitrogen and oxygen atoms in total. The van der Waals surface area contributed by atoms with Crippen molar-refractivity contribution < 1.29 is 9.15 Å². The summed E-state index contributed by atoms with van der Waals surface area (Å²) in [6.07, 6.45) is 1.57. The summed E-state index contributed by atoms with van der Waals surface area (Å²) in [4.78, 5) is 0. The Morgan fingerprint density at radius 1 is 1.14 bits per heavy atom. The monoisotopic (exact) mass is 208 g/mol. The lowest BCUT2D eigenvalue weighted by molar-refractivity contribution is 0.415. The van der Waals surface area contributed by atoms with E-state index < -0.39 is 0 Å². The molecule has 0 radical (unpaired) electrons. The van der Waals surface area contributed by atoms with Gasteiger partial charge in [-0.1, -0.05) is 11.6 Å². The maximum absolute atomic E-state index is 5.92. The normalized spacial score (nSPS) is 10.1. The summed E-state index contributed by atoms with van der Waals surface area (Å²) in [5, 5.41) is 0.621. The first kappa shape index (κ1) is 9.16. The van der Waals surface area contributed by atoms with Gasteiger partial charge in [-0.3, -0.25) is 0 Å². The largest absolute Gasteiger partial charge is 0.497 e. The van der Waals surface area contributed by atoms with E-state index in [1.54, 1.807) is 19.4 Å². The van der Waals surface area contributed by atoms with E-state index in [4.69, 9.17) is 20.8 Å². The van der Waals surface area contributed by atoms with Crippen LogP contribution in [0.25, 0.3) is 11.3 Å². The molecule has 0 unspecified atom stereocenters. The highest BCUT2D eigenvalue weighted by molar-refractivity contribution is 6.32. The molecule has 1 aromatic carbocycles. The summed E-state index contributed by atoms with van der Waals surface area (Å²) < 4.78 is 10.3. The highest BCUT2D eigenvalue weighted by Gasteiger charge is 2.06. The number of hydrogen-bond acceptors (Lipinski definition) is 2. The fraction of sp³-hybridized carbons (Fsp3) is 0.0909. The zero-order valence-electron chi connectivity index (χ0n) is 7.66. The summed E-state index contributed by atoms with van der Waals surface area (Å²) in [7, 11) is 1.63. The number of halogens is 1. The van der Waals surface area contributed by atoms with Crippen molar-refractivity contribution in [2.75, 3.05) is 7.11 Å². The van der Waals surface area contributed by atoms with Crippen molar-refractivity contribution in [2.45, 2.75) is 0 Å². The predicted octanol–water partition coefficient (Wildman–Crippen LogP) is 3.61. The standard InChI is InChI=1S/C11H9ClO2/c1-13-9-4-2-8(3-5-9)11-10(12)6-7-14-11/h2-7H,1H3. The van der Waals surface area contributed by atoms with Crippen LogP contribution in [-0.4, -0.2) is 7.11 Å². The molecule has 0 spiro atoms. The van der Waals surface area contributed by atoms with E-state index >= 15 is 0 Å². The lowest BCUT2D eigenvalue weighted by Gasteiger charge is -2.00. The van der Waals surface area contributed by atoms with Crippen molar-refractivity contribution in [3.05, 3.63) is 41.6 Å². The number of hydrogen-bond donors (Lipinski definition) is 0. The molecule has 1 heterocycles. The average molecular weight is 209 g/mol. The van der Waals surface area contributed by atoms with Gasteiger partial charge in [0.2, 0.25) is 0 Å². The first-order chi connectivity index (χ1) is 6.81. The molecule has 3 heteroatoms. The van der Waals surface area contributed by atoms with Crippen LogP contribution in [0.15, 0.2) is 41.0 Å². The Morgan fingerprint density at radius 2 is 1.86 bits per heavy atom. The summed E-state index contributed by atoms with van der Waals surface area (Å²) in [5.41, 5.74) is 0.945. The molecule has 14 heavy (non-hydrogen) atoms. The molecule has 0 saturated heterocycles. The van der Waals surface area contributed by atoms with Gasteiger partial charge in [0.15, 0.2) is 5.76 Å². The van der Waals surface area contributed by atoms with Crippen LogP contribution in [0.4, 0.5) is 0 Å². The van der Waals surface area contributed by atoms with E-state index in [9.17, 15) is 0 Å². The van der Waals surface area contributed by atoms with Crippen LogP contribution in [0.1, 0.15) is 0 Å². The molecule has 0 amide bonds. The van der Waals surface area contributed by atoms with Crippen LogP contribution >= 0.6 is 11.6 Å². The first-order valence-electron chi connectivity index (χ1n) is 4.18. The third-order valence-corrected chi connectivity index (χ3v) is 2.27.